The molecule has 2 aromatic heterocycles. The van der Waals surface area contributed by atoms with Gasteiger partial charge in [-0.2, -0.15) is 5.10 Å². The Morgan fingerprint density at radius 3 is 2.79 bits per heavy atom. The maximum atomic E-state index is 12.8. The lowest BCUT2D eigenvalue weighted by molar-refractivity contribution is -0.119. The number of aryl methyl sites for hydroxylation is 1. The average molecular weight is 459 g/mol. The molecule has 0 saturated carbocycles. The maximum absolute atomic E-state index is 12.8. The summed E-state index contributed by atoms with van der Waals surface area (Å²) in [5, 5.41) is 16.8. The number of nitrogens with one attached hydrogen (secondary N) is 1. The Morgan fingerprint density at radius 1 is 1.15 bits per heavy atom. The zero-order chi connectivity index (χ0) is 22.6. The van der Waals surface area contributed by atoms with Crippen LogP contribution in [0, 0.1) is 6.92 Å². The zero-order valence-electron chi connectivity index (χ0n) is 18.5. The number of thioether (sulfide) groups is 1. The van der Waals surface area contributed by atoms with E-state index in [2.05, 4.69) is 56.5 Å². The standard InChI is InChI=1S/C25H26N6OS/c1-18-10-12-20(13-11-18)30-17-26-29-25(30)33-16-24(32)28-22-8-5-9-23-21(22)14-27-31(23)15-19-6-3-2-4-7-19/h2-4,6-7,10-14,17,22H,5,8-9,15-16H2,1H3,(H,28,32). The predicted octanol–water partition coefficient (Wildman–Crippen LogP) is 4.11. The summed E-state index contributed by atoms with van der Waals surface area (Å²) in [7, 11) is 0. The molecule has 1 aliphatic carbocycles. The summed E-state index contributed by atoms with van der Waals surface area (Å²) in [5.41, 5.74) is 5.76. The Bertz CT molecular complexity index is 1230. The van der Waals surface area contributed by atoms with E-state index >= 15 is 0 Å². The summed E-state index contributed by atoms with van der Waals surface area (Å²) < 4.78 is 3.98. The third-order valence-corrected chi connectivity index (χ3v) is 6.88. The monoisotopic (exact) mass is 458 g/mol. The second-order valence-electron chi connectivity index (χ2n) is 8.31. The number of rotatable bonds is 7. The van der Waals surface area contributed by atoms with Crippen molar-refractivity contribution in [2.24, 2.45) is 0 Å². The van der Waals surface area contributed by atoms with Crippen molar-refractivity contribution < 1.29 is 4.79 Å². The topological polar surface area (TPSA) is 77.6 Å². The van der Waals surface area contributed by atoms with Crippen molar-refractivity contribution in [1.82, 2.24) is 29.9 Å². The van der Waals surface area contributed by atoms with Gasteiger partial charge in [0, 0.05) is 16.9 Å². The van der Waals surface area contributed by atoms with Gasteiger partial charge in [-0.3, -0.25) is 14.0 Å². The van der Waals surface area contributed by atoms with Gasteiger partial charge in [0.05, 0.1) is 24.5 Å². The molecule has 0 bridgehead atoms. The molecular formula is C25H26N6OS. The number of carbonyl (C=O) groups excluding carboxylic acids is 1. The van der Waals surface area contributed by atoms with Crippen molar-refractivity contribution in [3.63, 3.8) is 0 Å². The van der Waals surface area contributed by atoms with Crippen LogP contribution in [0.2, 0.25) is 0 Å². The smallest absolute Gasteiger partial charge is 0.230 e. The SMILES string of the molecule is Cc1ccc(-n2cnnc2SCC(=O)NC2CCCc3c2cnn3Cc2ccccc2)cc1. The highest BCUT2D eigenvalue weighted by Crippen LogP contribution is 2.30. The molecule has 0 spiro atoms. The van der Waals surface area contributed by atoms with Gasteiger partial charge in [0.1, 0.15) is 6.33 Å². The quantitative estimate of drug-likeness (QED) is 0.422. The normalized spacial score (nSPS) is 15.2. The van der Waals surface area contributed by atoms with Crippen LogP contribution in [0.5, 0.6) is 0 Å². The van der Waals surface area contributed by atoms with E-state index in [1.54, 1.807) is 6.33 Å². The Labute approximate surface area is 197 Å². The molecule has 0 fully saturated rings. The average Bonchev–Trinajstić information content (AvgIpc) is 3.47. The molecule has 4 aromatic rings. The molecule has 0 radical (unpaired) electrons. The van der Waals surface area contributed by atoms with Gasteiger partial charge in [0.25, 0.3) is 0 Å². The van der Waals surface area contributed by atoms with Gasteiger partial charge in [0.2, 0.25) is 5.91 Å². The van der Waals surface area contributed by atoms with Gasteiger partial charge in [-0.1, -0.05) is 59.8 Å². The van der Waals surface area contributed by atoms with E-state index in [0.29, 0.717) is 5.16 Å². The van der Waals surface area contributed by atoms with E-state index in [4.69, 9.17) is 0 Å². The zero-order valence-corrected chi connectivity index (χ0v) is 19.3. The summed E-state index contributed by atoms with van der Waals surface area (Å²) in [6, 6.07) is 18.5. The number of nitrogens with zero attached hydrogens (tertiary/aromatic N) is 5. The van der Waals surface area contributed by atoms with E-state index in [-0.39, 0.29) is 17.7 Å². The summed E-state index contributed by atoms with van der Waals surface area (Å²) in [6.07, 6.45) is 6.55. The first-order valence-corrected chi connectivity index (χ1v) is 12.1. The number of aromatic nitrogens is 5. The third-order valence-electron chi connectivity index (χ3n) is 5.93. The lowest BCUT2D eigenvalue weighted by Crippen LogP contribution is -2.32. The highest BCUT2D eigenvalue weighted by Gasteiger charge is 2.25. The van der Waals surface area contributed by atoms with Crippen LogP contribution < -0.4 is 5.32 Å². The van der Waals surface area contributed by atoms with E-state index in [1.165, 1.54) is 28.6 Å². The van der Waals surface area contributed by atoms with Crippen LogP contribution in [0.25, 0.3) is 5.69 Å². The largest absolute Gasteiger partial charge is 0.348 e. The molecule has 2 aromatic carbocycles. The van der Waals surface area contributed by atoms with E-state index < -0.39 is 0 Å². The first-order chi connectivity index (χ1) is 16.2. The maximum Gasteiger partial charge on any atom is 0.230 e. The number of hydrogen-bond acceptors (Lipinski definition) is 5. The molecule has 1 aliphatic rings. The number of benzene rings is 2. The van der Waals surface area contributed by atoms with Crippen molar-refractivity contribution in [2.45, 2.75) is 43.9 Å². The van der Waals surface area contributed by atoms with Crippen LogP contribution in [-0.4, -0.2) is 36.2 Å². The Hall–Kier alpha value is -3.39. The predicted molar refractivity (Wildman–Crippen MR) is 128 cm³/mol. The molecule has 5 rings (SSSR count). The molecule has 1 amide bonds. The summed E-state index contributed by atoms with van der Waals surface area (Å²) >= 11 is 1.39. The van der Waals surface area contributed by atoms with E-state index in [0.717, 1.165) is 37.1 Å². The molecule has 0 saturated heterocycles. The molecule has 0 aliphatic heterocycles. The number of carbonyl (C=O) groups is 1. The number of amides is 1. The van der Waals surface area contributed by atoms with E-state index in [1.807, 2.05) is 41.1 Å². The molecule has 2 heterocycles. The van der Waals surface area contributed by atoms with Gasteiger partial charge in [-0.05, 0) is 43.9 Å². The van der Waals surface area contributed by atoms with Crippen molar-refractivity contribution in [2.75, 3.05) is 5.75 Å². The lowest BCUT2D eigenvalue weighted by atomic mass is 9.93. The molecule has 8 heteroatoms. The molecule has 33 heavy (non-hydrogen) atoms. The Balaban J connectivity index is 1.22. The fourth-order valence-electron chi connectivity index (χ4n) is 4.23. The van der Waals surface area contributed by atoms with Crippen LogP contribution in [0.15, 0.2) is 72.3 Å². The molecular weight excluding hydrogens is 432 g/mol. The molecule has 1 atom stereocenters. The van der Waals surface area contributed by atoms with Crippen LogP contribution in [0.1, 0.15) is 41.3 Å². The first kappa shape index (κ1) is 21.5. The Morgan fingerprint density at radius 2 is 1.97 bits per heavy atom. The molecule has 1 unspecified atom stereocenters. The fraction of sp³-hybridized carbons (Fsp3) is 0.280. The highest BCUT2D eigenvalue weighted by molar-refractivity contribution is 7.99. The Kier molecular flexibility index (Phi) is 6.26. The van der Waals surface area contributed by atoms with Gasteiger partial charge >= 0.3 is 0 Å². The second-order valence-corrected chi connectivity index (χ2v) is 9.25. The summed E-state index contributed by atoms with van der Waals surface area (Å²) in [4.78, 5) is 12.8. The van der Waals surface area contributed by atoms with Crippen molar-refractivity contribution in [3.8, 4) is 5.69 Å². The van der Waals surface area contributed by atoms with Gasteiger partial charge < -0.3 is 5.32 Å². The fourth-order valence-corrected chi connectivity index (χ4v) is 4.97. The van der Waals surface area contributed by atoms with Gasteiger partial charge in [-0.25, -0.2) is 0 Å². The van der Waals surface area contributed by atoms with Crippen LogP contribution in [0.4, 0.5) is 0 Å². The van der Waals surface area contributed by atoms with Crippen molar-refractivity contribution in [1.29, 1.82) is 0 Å². The van der Waals surface area contributed by atoms with Crippen LogP contribution in [-0.2, 0) is 17.8 Å². The van der Waals surface area contributed by atoms with Crippen molar-refractivity contribution in [3.05, 3.63) is 89.5 Å². The highest BCUT2D eigenvalue weighted by atomic mass is 32.2. The second kappa shape index (κ2) is 9.62. The summed E-state index contributed by atoms with van der Waals surface area (Å²) in [6.45, 7) is 2.80. The number of fused-ring (bicyclic) bond motifs is 1. The van der Waals surface area contributed by atoms with E-state index in [9.17, 15) is 4.79 Å². The first-order valence-electron chi connectivity index (χ1n) is 11.1. The summed E-state index contributed by atoms with van der Waals surface area (Å²) in [5.74, 6) is 0.279. The van der Waals surface area contributed by atoms with Gasteiger partial charge in [-0.15, -0.1) is 10.2 Å². The molecule has 1 N–H and O–H groups in total. The van der Waals surface area contributed by atoms with Gasteiger partial charge in [0.15, 0.2) is 5.16 Å². The van der Waals surface area contributed by atoms with Crippen LogP contribution in [0.3, 0.4) is 0 Å². The third kappa shape index (κ3) is 4.85. The van der Waals surface area contributed by atoms with Crippen molar-refractivity contribution >= 4 is 17.7 Å². The minimum atomic E-state index is -0.00730. The van der Waals surface area contributed by atoms with Crippen LogP contribution >= 0.6 is 11.8 Å². The lowest BCUT2D eigenvalue weighted by Gasteiger charge is -2.24. The molecule has 168 valence electrons. The minimum Gasteiger partial charge on any atom is -0.348 e. The minimum absolute atomic E-state index is 0.00124. The number of hydrogen-bond donors (Lipinski definition) is 1. The molecule has 7 nitrogen and oxygen atoms in total.